The number of nitrogens with zero attached hydrogens (tertiary/aromatic N) is 4. The van der Waals surface area contributed by atoms with E-state index >= 15 is 0 Å². The van der Waals surface area contributed by atoms with Gasteiger partial charge in [0.2, 0.25) is 5.91 Å². The van der Waals surface area contributed by atoms with Gasteiger partial charge < -0.3 is 29.1 Å². The Hall–Kier alpha value is -2.63. The zero-order valence-corrected chi connectivity index (χ0v) is 23.8. The first-order valence-corrected chi connectivity index (χ1v) is 14.2. The van der Waals surface area contributed by atoms with Crippen molar-refractivity contribution in [1.82, 2.24) is 15.1 Å². The van der Waals surface area contributed by atoms with Crippen LogP contribution in [0, 0.1) is 0 Å². The normalized spacial score (nSPS) is 21.6. The van der Waals surface area contributed by atoms with Crippen molar-refractivity contribution in [3.05, 3.63) is 41.0 Å². The van der Waals surface area contributed by atoms with Crippen molar-refractivity contribution in [1.29, 1.82) is 0 Å². The summed E-state index contributed by atoms with van der Waals surface area (Å²) in [4.78, 5) is 40.5. The molecule has 0 spiro atoms. The van der Waals surface area contributed by atoms with Gasteiger partial charge >= 0.3 is 5.63 Å². The summed E-state index contributed by atoms with van der Waals surface area (Å²) in [7, 11) is 2.15. The van der Waals surface area contributed by atoms with E-state index in [9.17, 15) is 9.59 Å². The van der Waals surface area contributed by atoms with Crippen LogP contribution in [0.1, 0.15) is 51.8 Å². The molecular weight excluding hydrogens is 506 g/mol. The second-order valence-electron chi connectivity index (χ2n) is 9.92. The number of likely N-dealkylation sites (N-methyl/N-ethyl adjacent to an activating group) is 1. The predicted molar refractivity (Wildman–Crippen MR) is 152 cm³/mol. The van der Waals surface area contributed by atoms with Gasteiger partial charge in [0.25, 0.3) is 0 Å². The molecule has 0 saturated carbocycles. The number of hydrogen-bond acceptors (Lipinski definition) is 10. The highest BCUT2D eigenvalue weighted by Crippen LogP contribution is 2.30. The molecule has 3 rings (SSSR count). The van der Waals surface area contributed by atoms with Crippen LogP contribution in [0.2, 0.25) is 0 Å². The van der Waals surface area contributed by atoms with E-state index in [1.807, 2.05) is 13.8 Å². The maximum absolute atomic E-state index is 13.3. The third-order valence-corrected chi connectivity index (χ3v) is 7.87. The Morgan fingerprint density at radius 3 is 2.84 bits per heavy atom. The molecule has 2 aliphatic heterocycles. The molecule has 0 bridgehead atoms. The molecule has 3 heterocycles. The van der Waals surface area contributed by atoms with Gasteiger partial charge in [-0.25, -0.2) is 4.79 Å². The summed E-state index contributed by atoms with van der Waals surface area (Å²) in [6, 6.07) is 2.44. The molecule has 0 radical (unpaired) electrons. The van der Waals surface area contributed by atoms with Gasteiger partial charge in [-0.2, -0.15) is 0 Å². The second kappa shape index (κ2) is 14.5. The van der Waals surface area contributed by atoms with E-state index in [2.05, 4.69) is 33.9 Å². The number of rotatable bonds is 14. The van der Waals surface area contributed by atoms with Crippen LogP contribution in [0.5, 0.6) is 5.75 Å². The lowest BCUT2D eigenvalue weighted by atomic mass is 10.0. The maximum Gasteiger partial charge on any atom is 0.339 e. The summed E-state index contributed by atoms with van der Waals surface area (Å²) in [6.07, 6.45) is 3.89. The number of thioether (sulfide) groups is 1. The number of carbonyl (C=O) groups is 1. The molecule has 1 saturated heterocycles. The number of oxime groups is 1. The Morgan fingerprint density at radius 2 is 2.13 bits per heavy atom. The van der Waals surface area contributed by atoms with E-state index in [0.29, 0.717) is 41.0 Å². The Bertz CT molecular complexity index is 1070. The minimum atomic E-state index is -0.971. The summed E-state index contributed by atoms with van der Waals surface area (Å²) in [6.45, 7) is 15.5. The van der Waals surface area contributed by atoms with Crippen molar-refractivity contribution in [3.63, 3.8) is 0 Å². The first-order chi connectivity index (χ1) is 18.2. The Kier molecular flexibility index (Phi) is 11.4. The van der Waals surface area contributed by atoms with E-state index < -0.39 is 17.2 Å². The summed E-state index contributed by atoms with van der Waals surface area (Å²) in [5.41, 5.74) is -0.842. The lowest BCUT2D eigenvalue weighted by molar-refractivity contribution is -0.125. The zero-order chi connectivity index (χ0) is 27.5. The van der Waals surface area contributed by atoms with Gasteiger partial charge in [0.05, 0.1) is 12.1 Å². The molecule has 2 atom stereocenters. The van der Waals surface area contributed by atoms with Crippen molar-refractivity contribution in [2.24, 2.45) is 10.1 Å². The number of ether oxygens (including phenoxy) is 1. The van der Waals surface area contributed by atoms with Gasteiger partial charge in [-0.05, 0) is 33.7 Å². The third-order valence-electron chi connectivity index (χ3n) is 6.50. The molecule has 2 aliphatic rings. The van der Waals surface area contributed by atoms with Crippen LogP contribution < -0.4 is 15.7 Å². The Balaban J connectivity index is 1.56. The maximum atomic E-state index is 13.3. The first kappa shape index (κ1) is 29.9. The van der Waals surface area contributed by atoms with Gasteiger partial charge in [-0.15, -0.1) is 11.8 Å². The molecule has 1 aromatic rings. The highest BCUT2D eigenvalue weighted by atomic mass is 32.2. The second-order valence-corrected chi connectivity index (χ2v) is 10.9. The lowest BCUT2D eigenvalue weighted by Crippen LogP contribution is -2.45. The van der Waals surface area contributed by atoms with E-state index in [4.69, 9.17) is 19.0 Å². The van der Waals surface area contributed by atoms with Crippen molar-refractivity contribution in [2.75, 3.05) is 58.7 Å². The molecule has 38 heavy (non-hydrogen) atoms. The fourth-order valence-corrected chi connectivity index (χ4v) is 5.30. The van der Waals surface area contributed by atoms with Gasteiger partial charge in [-0.3, -0.25) is 9.79 Å². The van der Waals surface area contributed by atoms with Gasteiger partial charge in [0.15, 0.2) is 0 Å². The molecule has 1 N–H and O–H groups in total. The number of amides is 1. The van der Waals surface area contributed by atoms with Crippen molar-refractivity contribution in [2.45, 2.75) is 51.6 Å². The Labute approximate surface area is 229 Å². The molecule has 11 heteroatoms. The van der Waals surface area contributed by atoms with Crippen molar-refractivity contribution in [3.8, 4) is 5.75 Å². The molecule has 1 aromatic heterocycles. The standard InChI is InChI=1S/C27H41N5O5S/c1-6-9-22(23-17-21(35-15-7-2)18-24(33)37-23)28-26(34)27(4)19-38-25(29-27)20(3)30-36-16-8-10-32-13-11-31(5)12-14-32/h7,17-18,22H,2,6,8-16,19H2,1,3-5H3,(H,28,34)/b30-20+. The summed E-state index contributed by atoms with van der Waals surface area (Å²) in [5.74, 6) is 0.979. The molecule has 2 unspecified atom stereocenters. The highest BCUT2D eigenvalue weighted by molar-refractivity contribution is 8.16. The van der Waals surface area contributed by atoms with Crippen LogP contribution in [0.4, 0.5) is 0 Å². The lowest BCUT2D eigenvalue weighted by Gasteiger charge is -2.32. The SMILES string of the molecule is C=CCOc1cc(C(CCC)NC(=O)C2(C)CSC(/C(C)=N/OCCCN3CCN(C)CC3)=N2)oc(=O)c1. The number of piperazine rings is 1. The first-order valence-electron chi connectivity index (χ1n) is 13.2. The van der Waals surface area contributed by atoms with E-state index in [-0.39, 0.29) is 12.5 Å². The average molecular weight is 548 g/mol. The third kappa shape index (κ3) is 8.71. The van der Waals surface area contributed by atoms with Crippen LogP contribution in [0.25, 0.3) is 0 Å². The van der Waals surface area contributed by atoms with E-state index in [0.717, 1.165) is 45.6 Å². The highest BCUT2D eigenvalue weighted by Gasteiger charge is 2.40. The van der Waals surface area contributed by atoms with Crippen LogP contribution >= 0.6 is 11.8 Å². The van der Waals surface area contributed by atoms with Crippen LogP contribution in [0.15, 0.2) is 44.1 Å². The number of nitrogens with one attached hydrogen (secondary N) is 1. The smallest absolute Gasteiger partial charge is 0.339 e. The fraction of sp³-hybridized carbons (Fsp3) is 0.630. The van der Waals surface area contributed by atoms with Gasteiger partial charge in [-0.1, -0.05) is 31.2 Å². The largest absolute Gasteiger partial charge is 0.489 e. The van der Waals surface area contributed by atoms with E-state index in [1.165, 1.54) is 17.8 Å². The molecule has 1 amide bonds. The number of carbonyl (C=O) groups excluding carboxylic acids is 1. The minimum Gasteiger partial charge on any atom is -0.489 e. The van der Waals surface area contributed by atoms with Crippen LogP contribution in [-0.2, 0) is 9.63 Å². The molecular formula is C27H41N5O5S. The van der Waals surface area contributed by atoms with Crippen LogP contribution in [0.3, 0.4) is 0 Å². The monoisotopic (exact) mass is 547 g/mol. The average Bonchev–Trinajstić information content (AvgIpc) is 3.31. The number of hydrogen-bond donors (Lipinski definition) is 1. The molecule has 0 aromatic carbocycles. The summed E-state index contributed by atoms with van der Waals surface area (Å²) in [5, 5.41) is 7.97. The minimum absolute atomic E-state index is 0.237. The topological polar surface area (TPSA) is 109 Å². The molecule has 10 nitrogen and oxygen atoms in total. The van der Waals surface area contributed by atoms with E-state index in [1.54, 1.807) is 19.1 Å². The van der Waals surface area contributed by atoms with Crippen LogP contribution in [-0.4, -0.2) is 90.7 Å². The van der Waals surface area contributed by atoms with Gasteiger partial charge in [0, 0.05) is 44.5 Å². The Morgan fingerprint density at radius 1 is 1.37 bits per heavy atom. The van der Waals surface area contributed by atoms with Crippen molar-refractivity contribution >= 4 is 28.4 Å². The summed E-state index contributed by atoms with van der Waals surface area (Å²) < 4.78 is 10.9. The van der Waals surface area contributed by atoms with Gasteiger partial charge in [0.1, 0.15) is 41.0 Å². The molecule has 1 fully saturated rings. The summed E-state index contributed by atoms with van der Waals surface area (Å²) >= 11 is 1.49. The predicted octanol–water partition coefficient (Wildman–Crippen LogP) is 3.10. The molecule has 0 aliphatic carbocycles. The quantitative estimate of drug-likeness (QED) is 0.164. The number of aliphatic imine (C=N–C) groups is 1. The zero-order valence-electron chi connectivity index (χ0n) is 23.0. The fourth-order valence-electron chi connectivity index (χ4n) is 4.18. The molecule has 210 valence electrons. The van der Waals surface area contributed by atoms with Crippen molar-refractivity contribution < 1.29 is 18.8 Å².